The predicted octanol–water partition coefficient (Wildman–Crippen LogP) is 5.38. The van der Waals surface area contributed by atoms with Crippen molar-refractivity contribution in [1.29, 1.82) is 0 Å². The highest BCUT2D eigenvalue weighted by atomic mass is 16.5. The van der Waals surface area contributed by atoms with Gasteiger partial charge in [-0.05, 0) is 45.1 Å². The molecule has 0 aliphatic carbocycles. The molecule has 0 aliphatic heterocycles. The summed E-state index contributed by atoms with van der Waals surface area (Å²) in [4.78, 5) is 0. The maximum atomic E-state index is 5.85. The predicted molar refractivity (Wildman–Crippen MR) is 83.6 cm³/mol. The Morgan fingerprint density at radius 1 is 0.895 bits per heavy atom. The minimum absolute atomic E-state index is 0.0628. The van der Waals surface area contributed by atoms with Crippen LogP contribution in [0.25, 0.3) is 0 Å². The van der Waals surface area contributed by atoms with Crippen LogP contribution in [0.5, 0.6) is 0 Å². The number of ether oxygens (including phenoxy) is 1. The summed E-state index contributed by atoms with van der Waals surface area (Å²) >= 11 is 0. The Morgan fingerprint density at radius 3 is 2.21 bits per heavy atom. The topological polar surface area (TPSA) is 9.23 Å². The fourth-order valence-electron chi connectivity index (χ4n) is 2.06. The van der Waals surface area contributed by atoms with Gasteiger partial charge in [-0.2, -0.15) is 0 Å². The lowest BCUT2D eigenvalue weighted by Gasteiger charge is -2.23. The Bertz CT molecular complexity index is 316. The van der Waals surface area contributed by atoms with Gasteiger partial charge < -0.3 is 4.74 Å². The van der Waals surface area contributed by atoms with Crippen LogP contribution in [-0.2, 0) is 11.2 Å². The number of unbranched alkanes of at least 4 members (excludes halogenated alkanes) is 4. The van der Waals surface area contributed by atoms with Gasteiger partial charge in [0.2, 0.25) is 0 Å². The average molecular weight is 262 g/mol. The van der Waals surface area contributed by atoms with Crippen molar-refractivity contribution in [3.63, 3.8) is 0 Å². The lowest BCUT2D eigenvalue weighted by atomic mass is 10.1. The largest absolute Gasteiger partial charge is 0.376 e. The van der Waals surface area contributed by atoms with Crippen molar-refractivity contribution in [1.82, 2.24) is 0 Å². The first-order valence-electron chi connectivity index (χ1n) is 7.82. The first kappa shape index (κ1) is 16.2. The number of benzene rings is 1. The first-order valence-corrected chi connectivity index (χ1v) is 7.82. The van der Waals surface area contributed by atoms with E-state index in [2.05, 4.69) is 51.1 Å². The smallest absolute Gasteiger partial charge is 0.0623 e. The van der Waals surface area contributed by atoms with Crippen LogP contribution in [0.1, 0.15) is 64.9 Å². The normalized spacial score (nSPS) is 11.7. The number of hydrogen-bond acceptors (Lipinski definition) is 1. The molecule has 0 aromatic heterocycles. The standard InChI is InChI=1S/C18H30O/c1-4-18(2,3)19-16-12-7-5-6-9-13-17-14-10-8-11-15-17/h8,10-11,14-15H,4-7,9,12-13,16H2,1-3H3. The van der Waals surface area contributed by atoms with Gasteiger partial charge in [-0.3, -0.25) is 0 Å². The van der Waals surface area contributed by atoms with Crippen molar-refractivity contribution in [2.75, 3.05) is 6.61 Å². The third-order valence-corrected chi connectivity index (χ3v) is 3.80. The van der Waals surface area contributed by atoms with E-state index in [1.807, 2.05) is 0 Å². The summed E-state index contributed by atoms with van der Waals surface area (Å²) in [5.41, 5.74) is 1.53. The average Bonchev–Trinajstić information content (AvgIpc) is 2.43. The van der Waals surface area contributed by atoms with Gasteiger partial charge in [0.1, 0.15) is 0 Å². The van der Waals surface area contributed by atoms with Gasteiger partial charge >= 0.3 is 0 Å². The van der Waals surface area contributed by atoms with E-state index in [1.165, 1.54) is 44.1 Å². The van der Waals surface area contributed by atoms with Gasteiger partial charge in [-0.25, -0.2) is 0 Å². The highest BCUT2D eigenvalue weighted by Gasteiger charge is 2.14. The molecule has 1 heteroatoms. The molecular formula is C18H30O. The molecule has 1 aromatic rings. The molecule has 0 spiro atoms. The molecule has 0 atom stereocenters. The molecule has 19 heavy (non-hydrogen) atoms. The lowest BCUT2D eigenvalue weighted by Crippen LogP contribution is -2.23. The molecule has 0 amide bonds. The zero-order chi connectivity index (χ0) is 14.0. The molecular weight excluding hydrogens is 232 g/mol. The fraction of sp³-hybridized carbons (Fsp3) is 0.667. The van der Waals surface area contributed by atoms with Crippen LogP contribution >= 0.6 is 0 Å². The van der Waals surface area contributed by atoms with E-state index in [0.717, 1.165) is 13.0 Å². The van der Waals surface area contributed by atoms with Crippen molar-refractivity contribution in [3.05, 3.63) is 35.9 Å². The van der Waals surface area contributed by atoms with Gasteiger partial charge in [0, 0.05) is 6.61 Å². The Kier molecular flexibility index (Phi) is 7.81. The summed E-state index contributed by atoms with van der Waals surface area (Å²) in [5, 5.41) is 0. The van der Waals surface area contributed by atoms with E-state index in [9.17, 15) is 0 Å². The van der Waals surface area contributed by atoms with Crippen LogP contribution in [-0.4, -0.2) is 12.2 Å². The molecule has 0 saturated heterocycles. The Balaban J connectivity index is 1.92. The van der Waals surface area contributed by atoms with Gasteiger partial charge in [-0.15, -0.1) is 0 Å². The van der Waals surface area contributed by atoms with Gasteiger partial charge in [0.05, 0.1) is 5.60 Å². The van der Waals surface area contributed by atoms with Gasteiger partial charge in [0.25, 0.3) is 0 Å². The maximum absolute atomic E-state index is 5.85. The van der Waals surface area contributed by atoms with Crippen molar-refractivity contribution in [3.8, 4) is 0 Å². The van der Waals surface area contributed by atoms with E-state index in [-0.39, 0.29) is 5.60 Å². The number of aryl methyl sites for hydroxylation is 1. The summed E-state index contributed by atoms with van der Waals surface area (Å²) in [6.45, 7) is 7.45. The highest BCUT2D eigenvalue weighted by molar-refractivity contribution is 5.14. The fourth-order valence-corrected chi connectivity index (χ4v) is 2.06. The van der Waals surface area contributed by atoms with Crippen LogP contribution in [0.15, 0.2) is 30.3 Å². The molecule has 1 rings (SSSR count). The molecule has 1 aromatic carbocycles. The molecule has 0 unspecified atom stereocenters. The minimum Gasteiger partial charge on any atom is -0.376 e. The first-order chi connectivity index (χ1) is 9.14. The van der Waals surface area contributed by atoms with Crippen LogP contribution in [0.4, 0.5) is 0 Å². The zero-order valence-electron chi connectivity index (χ0n) is 13.0. The van der Waals surface area contributed by atoms with Crippen molar-refractivity contribution < 1.29 is 4.74 Å². The van der Waals surface area contributed by atoms with E-state index in [0.29, 0.717) is 0 Å². The maximum Gasteiger partial charge on any atom is 0.0623 e. The molecule has 1 nitrogen and oxygen atoms in total. The van der Waals surface area contributed by atoms with Crippen molar-refractivity contribution in [2.24, 2.45) is 0 Å². The third kappa shape index (κ3) is 8.05. The Labute approximate surface area is 119 Å². The van der Waals surface area contributed by atoms with Crippen LogP contribution in [0.3, 0.4) is 0 Å². The SMILES string of the molecule is CCC(C)(C)OCCCCCCCc1ccccc1. The number of hydrogen-bond donors (Lipinski definition) is 0. The summed E-state index contributed by atoms with van der Waals surface area (Å²) < 4.78 is 5.85. The van der Waals surface area contributed by atoms with Crippen molar-refractivity contribution in [2.45, 2.75) is 71.3 Å². The van der Waals surface area contributed by atoms with Crippen LogP contribution in [0.2, 0.25) is 0 Å². The van der Waals surface area contributed by atoms with Crippen LogP contribution in [0, 0.1) is 0 Å². The van der Waals surface area contributed by atoms with E-state index < -0.39 is 0 Å². The van der Waals surface area contributed by atoms with E-state index in [4.69, 9.17) is 4.74 Å². The highest BCUT2D eigenvalue weighted by Crippen LogP contribution is 2.15. The third-order valence-electron chi connectivity index (χ3n) is 3.80. The molecule has 0 fully saturated rings. The van der Waals surface area contributed by atoms with Gasteiger partial charge in [-0.1, -0.05) is 56.5 Å². The molecule has 0 N–H and O–H groups in total. The Hall–Kier alpha value is -0.820. The summed E-state index contributed by atoms with van der Waals surface area (Å²) in [6, 6.07) is 10.8. The second-order valence-electron chi connectivity index (χ2n) is 5.97. The van der Waals surface area contributed by atoms with E-state index >= 15 is 0 Å². The van der Waals surface area contributed by atoms with Crippen LogP contribution < -0.4 is 0 Å². The molecule has 0 heterocycles. The molecule has 0 aliphatic rings. The molecule has 0 bridgehead atoms. The summed E-state index contributed by atoms with van der Waals surface area (Å²) in [7, 11) is 0. The molecule has 108 valence electrons. The minimum atomic E-state index is 0.0628. The second-order valence-corrected chi connectivity index (χ2v) is 5.97. The summed E-state index contributed by atoms with van der Waals surface area (Å²) in [6.07, 6.45) is 8.80. The van der Waals surface area contributed by atoms with Gasteiger partial charge in [0.15, 0.2) is 0 Å². The Morgan fingerprint density at radius 2 is 1.53 bits per heavy atom. The zero-order valence-corrected chi connectivity index (χ0v) is 13.0. The molecule has 0 saturated carbocycles. The molecule has 0 radical (unpaired) electrons. The quantitative estimate of drug-likeness (QED) is 0.514. The second kappa shape index (κ2) is 9.14. The number of rotatable bonds is 10. The monoisotopic (exact) mass is 262 g/mol. The lowest BCUT2D eigenvalue weighted by molar-refractivity contribution is -0.0216. The summed E-state index contributed by atoms with van der Waals surface area (Å²) in [5.74, 6) is 0. The van der Waals surface area contributed by atoms with Crippen molar-refractivity contribution >= 4 is 0 Å². The van der Waals surface area contributed by atoms with E-state index in [1.54, 1.807) is 0 Å².